The molecular weight excluding hydrogens is 350 g/mol. The monoisotopic (exact) mass is 373 g/mol. The summed E-state index contributed by atoms with van der Waals surface area (Å²) < 4.78 is 3.74. The molecule has 0 atom stereocenters. The highest BCUT2D eigenvalue weighted by atomic mass is 15.4. The Labute approximate surface area is 164 Å². The number of benzene rings is 2. The van der Waals surface area contributed by atoms with Crippen LogP contribution in [-0.2, 0) is 26.2 Å². The Hall–Kier alpha value is -3.32. The summed E-state index contributed by atoms with van der Waals surface area (Å²) in [5.74, 6) is 0. The zero-order chi connectivity index (χ0) is 19.2. The largest absolute Gasteiger partial charge is 0.294 e. The molecule has 0 radical (unpaired) electrons. The number of rotatable bonds is 8. The van der Waals surface area contributed by atoms with Crippen LogP contribution in [0.3, 0.4) is 0 Å². The second-order valence-corrected chi connectivity index (χ2v) is 6.96. The van der Waals surface area contributed by atoms with E-state index in [9.17, 15) is 0 Å². The Morgan fingerprint density at radius 1 is 0.679 bits per heavy atom. The van der Waals surface area contributed by atoms with Crippen molar-refractivity contribution >= 4 is 0 Å². The highest BCUT2D eigenvalue weighted by Crippen LogP contribution is 2.07. The summed E-state index contributed by atoms with van der Waals surface area (Å²) in [5.41, 5.74) is 4.30. The highest BCUT2D eigenvalue weighted by Gasteiger charge is 2.09. The van der Waals surface area contributed by atoms with Gasteiger partial charge in [-0.25, -0.2) is 9.36 Å². The maximum Gasteiger partial charge on any atom is 0.0967 e. The molecular formula is C21H23N7. The smallest absolute Gasteiger partial charge is 0.0967 e. The molecule has 0 aliphatic heterocycles. The molecule has 4 aromatic rings. The molecule has 0 aliphatic rings. The van der Waals surface area contributed by atoms with Gasteiger partial charge in [-0.15, -0.1) is 10.2 Å². The molecule has 2 aromatic carbocycles. The van der Waals surface area contributed by atoms with Crippen molar-refractivity contribution in [1.82, 2.24) is 34.9 Å². The van der Waals surface area contributed by atoms with Crippen LogP contribution in [0.4, 0.5) is 0 Å². The fourth-order valence-electron chi connectivity index (χ4n) is 3.13. The summed E-state index contributed by atoms with van der Waals surface area (Å²) in [6, 6.07) is 20.5. The van der Waals surface area contributed by atoms with Crippen LogP contribution in [0.2, 0.25) is 0 Å². The van der Waals surface area contributed by atoms with E-state index in [1.807, 2.05) is 65.2 Å². The lowest BCUT2D eigenvalue weighted by Gasteiger charge is -2.12. The molecule has 0 saturated carbocycles. The second kappa shape index (κ2) is 8.58. The van der Waals surface area contributed by atoms with Crippen LogP contribution < -0.4 is 0 Å². The van der Waals surface area contributed by atoms with Gasteiger partial charge in [0.05, 0.1) is 36.9 Å². The van der Waals surface area contributed by atoms with Gasteiger partial charge in [0.15, 0.2) is 0 Å². The molecule has 4 rings (SSSR count). The third kappa shape index (κ3) is 4.89. The number of aromatic nitrogens is 6. The van der Waals surface area contributed by atoms with Crippen molar-refractivity contribution < 1.29 is 0 Å². The van der Waals surface area contributed by atoms with Gasteiger partial charge in [0.2, 0.25) is 0 Å². The summed E-state index contributed by atoms with van der Waals surface area (Å²) in [5, 5.41) is 17.0. The summed E-state index contributed by atoms with van der Waals surface area (Å²) >= 11 is 0. The summed E-state index contributed by atoms with van der Waals surface area (Å²) in [4.78, 5) is 2.16. The van der Waals surface area contributed by atoms with E-state index in [2.05, 4.69) is 49.8 Å². The Balaban J connectivity index is 1.30. The summed E-state index contributed by atoms with van der Waals surface area (Å²) in [7, 11) is 2.05. The Kier molecular flexibility index (Phi) is 5.53. The van der Waals surface area contributed by atoms with Crippen LogP contribution in [0.5, 0.6) is 0 Å². The third-order valence-electron chi connectivity index (χ3n) is 4.41. The predicted octanol–water partition coefficient (Wildman–Crippen LogP) is 2.60. The molecule has 0 amide bonds. The topological polar surface area (TPSA) is 64.7 Å². The highest BCUT2D eigenvalue weighted by molar-refractivity contribution is 5.15. The molecule has 7 heteroatoms. The van der Waals surface area contributed by atoms with Crippen molar-refractivity contribution in [2.45, 2.75) is 26.2 Å². The van der Waals surface area contributed by atoms with Crippen LogP contribution in [0.1, 0.15) is 22.5 Å². The zero-order valence-corrected chi connectivity index (χ0v) is 15.9. The Morgan fingerprint density at radius 3 is 1.54 bits per heavy atom. The maximum atomic E-state index is 4.29. The van der Waals surface area contributed by atoms with Gasteiger partial charge >= 0.3 is 0 Å². The van der Waals surface area contributed by atoms with Crippen molar-refractivity contribution in [2.75, 3.05) is 7.05 Å². The first kappa shape index (κ1) is 18.1. The molecule has 2 aromatic heterocycles. The molecule has 7 nitrogen and oxygen atoms in total. The Morgan fingerprint density at radius 2 is 1.11 bits per heavy atom. The van der Waals surface area contributed by atoms with Gasteiger partial charge in [0.1, 0.15) is 0 Å². The average Bonchev–Trinajstić information content (AvgIpc) is 3.33. The van der Waals surface area contributed by atoms with Crippen LogP contribution in [0, 0.1) is 0 Å². The average molecular weight is 373 g/mol. The number of hydrogen-bond donors (Lipinski definition) is 0. The van der Waals surface area contributed by atoms with Crippen LogP contribution in [0.15, 0.2) is 73.1 Å². The van der Waals surface area contributed by atoms with E-state index in [0.717, 1.165) is 24.5 Å². The Bertz CT molecular complexity index is 910. The van der Waals surface area contributed by atoms with Crippen molar-refractivity contribution in [1.29, 1.82) is 0 Å². The first-order valence-electron chi connectivity index (χ1n) is 9.29. The first-order valence-corrected chi connectivity index (χ1v) is 9.29. The lowest BCUT2D eigenvalue weighted by molar-refractivity contribution is 0.311. The van der Waals surface area contributed by atoms with E-state index in [-0.39, 0.29) is 0 Å². The molecule has 0 N–H and O–H groups in total. The number of nitrogens with zero attached hydrogens (tertiary/aromatic N) is 7. The van der Waals surface area contributed by atoms with Crippen molar-refractivity contribution in [3.05, 3.63) is 95.6 Å². The summed E-state index contributed by atoms with van der Waals surface area (Å²) in [6.07, 6.45) is 3.99. The normalized spacial score (nSPS) is 11.2. The van der Waals surface area contributed by atoms with Crippen molar-refractivity contribution in [2.24, 2.45) is 0 Å². The molecule has 0 bridgehead atoms. The quantitative estimate of drug-likeness (QED) is 0.475. The SMILES string of the molecule is CN(Cc1cn(Cc2ccccc2)nn1)Cc1cn(Cc2ccccc2)nn1. The van der Waals surface area contributed by atoms with Gasteiger partial charge in [-0.05, 0) is 18.2 Å². The molecule has 0 aliphatic carbocycles. The van der Waals surface area contributed by atoms with Crippen LogP contribution >= 0.6 is 0 Å². The molecule has 0 spiro atoms. The van der Waals surface area contributed by atoms with Crippen LogP contribution in [-0.4, -0.2) is 41.9 Å². The molecule has 0 fully saturated rings. The van der Waals surface area contributed by atoms with E-state index in [1.165, 1.54) is 11.1 Å². The van der Waals surface area contributed by atoms with E-state index < -0.39 is 0 Å². The fraction of sp³-hybridized carbons (Fsp3) is 0.238. The molecule has 2 heterocycles. The van der Waals surface area contributed by atoms with Gasteiger partial charge in [-0.1, -0.05) is 71.1 Å². The molecule has 142 valence electrons. The fourth-order valence-corrected chi connectivity index (χ4v) is 3.13. The van der Waals surface area contributed by atoms with E-state index in [1.54, 1.807) is 0 Å². The van der Waals surface area contributed by atoms with Crippen molar-refractivity contribution in [3.63, 3.8) is 0 Å². The predicted molar refractivity (Wildman–Crippen MR) is 106 cm³/mol. The van der Waals surface area contributed by atoms with Crippen molar-refractivity contribution in [3.8, 4) is 0 Å². The van der Waals surface area contributed by atoms with E-state index >= 15 is 0 Å². The van der Waals surface area contributed by atoms with Crippen LogP contribution in [0.25, 0.3) is 0 Å². The van der Waals surface area contributed by atoms with Gasteiger partial charge in [0.25, 0.3) is 0 Å². The lowest BCUT2D eigenvalue weighted by atomic mass is 10.2. The zero-order valence-electron chi connectivity index (χ0n) is 15.9. The van der Waals surface area contributed by atoms with Gasteiger partial charge in [-0.3, -0.25) is 4.90 Å². The minimum absolute atomic E-state index is 0.709. The second-order valence-electron chi connectivity index (χ2n) is 6.96. The minimum atomic E-state index is 0.709. The van der Waals surface area contributed by atoms with Gasteiger partial charge < -0.3 is 0 Å². The van der Waals surface area contributed by atoms with E-state index in [4.69, 9.17) is 0 Å². The standard InChI is InChI=1S/C21H23N7/c1-26(14-20-16-27(24-22-20)12-18-8-4-2-5-9-18)15-21-17-28(25-23-21)13-19-10-6-3-7-11-19/h2-11,16-17H,12-15H2,1H3. The first-order chi connectivity index (χ1) is 13.7. The van der Waals surface area contributed by atoms with Gasteiger partial charge in [-0.2, -0.15) is 0 Å². The summed E-state index contributed by atoms with van der Waals surface area (Å²) in [6.45, 7) is 2.87. The number of hydrogen-bond acceptors (Lipinski definition) is 5. The van der Waals surface area contributed by atoms with Gasteiger partial charge in [0, 0.05) is 13.1 Å². The molecule has 0 unspecified atom stereocenters. The third-order valence-corrected chi connectivity index (χ3v) is 4.41. The van der Waals surface area contributed by atoms with E-state index in [0.29, 0.717) is 13.1 Å². The maximum absolute atomic E-state index is 4.29. The molecule has 0 saturated heterocycles. The minimum Gasteiger partial charge on any atom is -0.294 e. The lowest BCUT2D eigenvalue weighted by Crippen LogP contribution is -2.17. The molecule has 28 heavy (non-hydrogen) atoms.